The van der Waals surface area contributed by atoms with Gasteiger partial charge in [-0.3, -0.25) is 14.4 Å². The number of hydrogen-bond donors (Lipinski definition) is 3. The van der Waals surface area contributed by atoms with Crippen LogP contribution in [0.2, 0.25) is 0 Å². The van der Waals surface area contributed by atoms with E-state index in [1.54, 1.807) is 23.0 Å². The zero-order chi connectivity index (χ0) is 25.4. The number of carbonyl (C=O) groups is 1. The quantitative estimate of drug-likeness (QED) is 0.343. The topological polar surface area (TPSA) is 137 Å². The number of hydrogen-bond acceptors (Lipinski definition) is 10. The lowest BCUT2D eigenvalue weighted by Gasteiger charge is -2.38. The molecule has 4 aromatic heterocycles. The van der Waals surface area contributed by atoms with Gasteiger partial charge in [0.05, 0.1) is 24.1 Å². The minimum atomic E-state index is -0.324. The van der Waals surface area contributed by atoms with Crippen LogP contribution in [0, 0.1) is 0 Å². The Morgan fingerprint density at radius 1 is 1.22 bits per heavy atom. The Balaban J connectivity index is 1.33. The second-order valence-electron chi connectivity index (χ2n) is 9.39. The van der Waals surface area contributed by atoms with Crippen LogP contribution in [-0.2, 0) is 7.05 Å². The molecule has 0 unspecified atom stereocenters. The summed E-state index contributed by atoms with van der Waals surface area (Å²) in [7, 11) is 1.85. The lowest BCUT2D eigenvalue weighted by Crippen LogP contribution is -2.50. The number of rotatable bonds is 7. The Hall–Kier alpha value is -4.03. The lowest BCUT2D eigenvalue weighted by atomic mass is 10.1. The number of oxazole rings is 1. The van der Waals surface area contributed by atoms with E-state index in [-0.39, 0.29) is 18.5 Å². The SMILES string of the molecule is Cn1cc(-c2cccc(NC(=O)c3cc4oc(NCCO)nc4nc3N3CCN4CCC[C@H]4C3)n2)cn1. The van der Waals surface area contributed by atoms with Gasteiger partial charge < -0.3 is 25.1 Å². The fraction of sp³-hybridized carbons (Fsp3) is 0.400. The van der Waals surface area contributed by atoms with Gasteiger partial charge in [0.2, 0.25) is 5.65 Å². The monoisotopic (exact) mass is 503 g/mol. The maximum Gasteiger partial charge on any atom is 0.297 e. The normalized spacial score (nSPS) is 17.8. The standard InChI is InChI=1S/C25H29N9O3/c1-32-14-16(13-27-32)19-5-2-6-21(28-19)29-24(36)18-12-20-22(31-25(37-20)26-7-11-35)30-23(18)34-10-9-33-8-3-4-17(33)15-34/h2,5-6,12-14,17,35H,3-4,7-11,15H2,1H3,(H,26,30,31)(H,28,29,36)/t17-/m0/s1. The fourth-order valence-electron chi connectivity index (χ4n) is 5.09. The van der Waals surface area contributed by atoms with E-state index in [1.807, 2.05) is 25.4 Å². The number of aliphatic hydroxyl groups excluding tert-OH is 1. The Bertz CT molecular complexity index is 1430. The van der Waals surface area contributed by atoms with E-state index in [9.17, 15) is 4.79 Å². The van der Waals surface area contributed by atoms with Crippen molar-refractivity contribution >= 4 is 34.8 Å². The number of anilines is 3. The van der Waals surface area contributed by atoms with Crippen molar-refractivity contribution < 1.29 is 14.3 Å². The van der Waals surface area contributed by atoms with Crippen LogP contribution < -0.4 is 15.5 Å². The molecule has 0 saturated carbocycles. The molecular weight excluding hydrogens is 474 g/mol. The van der Waals surface area contributed by atoms with Gasteiger partial charge in [-0.05, 0) is 31.5 Å². The Morgan fingerprint density at radius 3 is 2.97 bits per heavy atom. The highest BCUT2D eigenvalue weighted by Gasteiger charge is 2.33. The van der Waals surface area contributed by atoms with E-state index in [1.165, 1.54) is 6.42 Å². The summed E-state index contributed by atoms with van der Waals surface area (Å²) in [6.45, 7) is 3.89. The van der Waals surface area contributed by atoms with Crippen molar-refractivity contribution in [1.82, 2.24) is 29.6 Å². The van der Waals surface area contributed by atoms with Crippen molar-refractivity contribution in [3.63, 3.8) is 0 Å². The molecule has 0 aliphatic carbocycles. The van der Waals surface area contributed by atoms with Crippen LogP contribution in [0.1, 0.15) is 23.2 Å². The Morgan fingerprint density at radius 2 is 2.14 bits per heavy atom. The van der Waals surface area contributed by atoms with E-state index in [4.69, 9.17) is 14.5 Å². The average Bonchev–Trinajstić information content (AvgIpc) is 3.65. The first-order valence-electron chi connectivity index (χ1n) is 12.5. The zero-order valence-electron chi connectivity index (χ0n) is 20.6. The first-order chi connectivity index (χ1) is 18.1. The van der Waals surface area contributed by atoms with Crippen molar-refractivity contribution in [1.29, 1.82) is 0 Å². The predicted octanol–water partition coefficient (Wildman–Crippen LogP) is 1.96. The Kier molecular flexibility index (Phi) is 6.18. The van der Waals surface area contributed by atoms with E-state index in [0.29, 0.717) is 46.7 Å². The van der Waals surface area contributed by atoms with Gasteiger partial charge in [0, 0.05) is 57.1 Å². The van der Waals surface area contributed by atoms with Crippen molar-refractivity contribution in [3.8, 4) is 11.3 Å². The average molecular weight is 504 g/mol. The van der Waals surface area contributed by atoms with Crippen LogP contribution >= 0.6 is 0 Å². The maximum absolute atomic E-state index is 13.6. The molecule has 0 radical (unpaired) electrons. The number of pyridine rings is 2. The van der Waals surface area contributed by atoms with Gasteiger partial charge in [0.25, 0.3) is 11.9 Å². The predicted molar refractivity (Wildman–Crippen MR) is 139 cm³/mol. The number of fused-ring (bicyclic) bond motifs is 2. The molecule has 2 fully saturated rings. The number of aliphatic hydroxyl groups is 1. The maximum atomic E-state index is 13.6. The third-order valence-electron chi connectivity index (χ3n) is 6.87. The fourth-order valence-corrected chi connectivity index (χ4v) is 5.09. The first-order valence-corrected chi connectivity index (χ1v) is 12.5. The van der Waals surface area contributed by atoms with Crippen LogP contribution in [0.3, 0.4) is 0 Å². The molecule has 12 heteroatoms. The molecule has 1 atom stereocenters. The zero-order valence-corrected chi connectivity index (χ0v) is 20.6. The first kappa shape index (κ1) is 23.4. The molecule has 2 saturated heterocycles. The van der Waals surface area contributed by atoms with Gasteiger partial charge >= 0.3 is 0 Å². The molecule has 3 N–H and O–H groups in total. The highest BCUT2D eigenvalue weighted by Crippen LogP contribution is 2.30. The summed E-state index contributed by atoms with van der Waals surface area (Å²) < 4.78 is 7.48. The molecule has 0 bridgehead atoms. The summed E-state index contributed by atoms with van der Waals surface area (Å²) in [6, 6.07) is 7.89. The van der Waals surface area contributed by atoms with Crippen LogP contribution in [-0.4, -0.2) is 86.0 Å². The summed E-state index contributed by atoms with van der Waals surface area (Å²) in [4.78, 5) is 32.1. The van der Waals surface area contributed by atoms with Gasteiger partial charge in [0.1, 0.15) is 11.6 Å². The summed E-state index contributed by atoms with van der Waals surface area (Å²) in [5.74, 6) is 0.693. The largest absolute Gasteiger partial charge is 0.422 e. The molecular formula is C25H29N9O3. The van der Waals surface area contributed by atoms with Gasteiger partial charge in [-0.2, -0.15) is 10.1 Å². The molecule has 2 aliphatic heterocycles. The van der Waals surface area contributed by atoms with Gasteiger partial charge in [0.15, 0.2) is 5.58 Å². The molecule has 12 nitrogen and oxygen atoms in total. The van der Waals surface area contributed by atoms with Crippen LogP contribution in [0.25, 0.3) is 22.5 Å². The van der Waals surface area contributed by atoms with E-state index >= 15 is 0 Å². The van der Waals surface area contributed by atoms with E-state index < -0.39 is 0 Å². The number of nitrogens with one attached hydrogen (secondary N) is 2. The van der Waals surface area contributed by atoms with Crippen LogP contribution in [0.15, 0.2) is 41.1 Å². The highest BCUT2D eigenvalue weighted by molar-refractivity contribution is 6.08. The lowest BCUT2D eigenvalue weighted by molar-refractivity contribution is 0.102. The molecule has 6 heterocycles. The van der Waals surface area contributed by atoms with E-state index in [2.05, 4.69) is 35.5 Å². The molecule has 2 aliphatic rings. The molecule has 6 rings (SSSR count). The highest BCUT2D eigenvalue weighted by atomic mass is 16.4. The molecule has 0 aromatic carbocycles. The molecule has 0 spiro atoms. The summed E-state index contributed by atoms with van der Waals surface area (Å²) >= 11 is 0. The number of amides is 1. The molecule has 1 amide bonds. The summed E-state index contributed by atoms with van der Waals surface area (Å²) in [5, 5.41) is 19.2. The van der Waals surface area contributed by atoms with Crippen LogP contribution in [0.4, 0.5) is 17.7 Å². The number of nitrogens with zero attached hydrogens (tertiary/aromatic N) is 7. The van der Waals surface area contributed by atoms with Crippen LogP contribution in [0.5, 0.6) is 0 Å². The van der Waals surface area contributed by atoms with Crippen molar-refractivity contribution in [2.24, 2.45) is 7.05 Å². The van der Waals surface area contributed by atoms with Crippen molar-refractivity contribution in [2.45, 2.75) is 18.9 Å². The number of aromatic nitrogens is 5. The van der Waals surface area contributed by atoms with Gasteiger partial charge in [-0.1, -0.05) is 6.07 Å². The second-order valence-corrected chi connectivity index (χ2v) is 9.39. The molecule has 4 aromatic rings. The van der Waals surface area contributed by atoms with Crippen molar-refractivity contribution in [3.05, 3.63) is 42.2 Å². The van der Waals surface area contributed by atoms with Crippen molar-refractivity contribution in [2.75, 3.05) is 54.9 Å². The number of carbonyl (C=O) groups excluding carboxylic acids is 1. The molecule has 192 valence electrons. The van der Waals surface area contributed by atoms with Gasteiger partial charge in [-0.15, -0.1) is 0 Å². The van der Waals surface area contributed by atoms with Gasteiger partial charge in [-0.25, -0.2) is 9.97 Å². The minimum absolute atomic E-state index is 0.0537. The third kappa shape index (κ3) is 4.72. The Labute approximate surface area is 213 Å². The summed E-state index contributed by atoms with van der Waals surface area (Å²) in [6.07, 6.45) is 5.95. The molecule has 37 heavy (non-hydrogen) atoms. The smallest absolute Gasteiger partial charge is 0.297 e. The second kappa shape index (κ2) is 9.79. The third-order valence-corrected chi connectivity index (χ3v) is 6.87. The van der Waals surface area contributed by atoms with E-state index in [0.717, 1.165) is 38.2 Å². The summed E-state index contributed by atoms with van der Waals surface area (Å²) in [5.41, 5.74) is 2.79. The number of aryl methyl sites for hydroxylation is 1. The minimum Gasteiger partial charge on any atom is -0.422 e. The number of piperazine rings is 1.